The van der Waals surface area contributed by atoms with E-state index in [1.165, 1.54) is 6.20 Å². The lowest BCUT2D eigenvalue weighted by Crippen LogP contribution is -2.52. The SMILES string of the molecule is C/C=C\C=C1\C(O)=C(C(=O)NC2CC2)C=[N+](c2cccc(-c3ccc(C(C)(C)O)c[n+]3[O-])c2)C1(C)N. The molecule has 188 valence electrons. The number of nitrogens with one attached hydrogen (secondary N) is 1. The molecule has 2 aromatic rings. The van der Waals surface area contributed by atoms with Crippen LogP contribution in [0.2, 0.25) is 0 Å². The van der Waals surface area contributed by atoms with E-state index in [0.29, 0.717) is 28.1 Å². The quantitative estimate of drug-likeness (QED) is 0.366. The fraction of sp³-hybridized carbons (Fsp3) is 0.321. The zero-order valence-electron chi connectivity index (χ0n) is 21.0. The van der Waals surface area contributed by atoms with Gasteiger partial charge in [0.25, 0.3) is 5.91 Å². The van der Waals surface area contributed by atoms with Crippen LogP contribution in [0.15, 0.2) is 77.7 Å². The maximum absolute atomic E-state index is 13.0. The maximum Gasteiger partial charge on any atom is 0.261 e. The highest BCUT2D eigenvalue weighted by Crippen LogP contribution is 2.34. The van der Waals surface area contributed by atoms with Gasteiger partial charge in [0, 0.05) is 36.7 Å². The molecule has 1 atom stereocenters. The number of aliphatic hydroxyl groups is 2. The van der Waals surface area contributed by atoms with E-state index in [2.05, 4.69) is 5.32 Å². The molecule has 0 bridgehead atoms. The van der Waals surface area contributed by atoms with E-state index in [-0.39, 0.29) is 23.3 Å². The van der Waals surface area contributed by atoms with Crippen molar-refractivity contribution in [1.29, 1.82) is 0 Å². The molecule has 4 rings (SSSR count). The van der Waals surface area contributed by atoms with E-state index in [1.54, 1.807) is 74.0 Å². The van der Waals surface area contributed by atoms with Gasteiger partial charge in [-0.25, -0.2) is 0 Å². The van der Waals surface area contributed by atoms with Gasteiger partial charge in [-0.3, -0.25) is 10.5 Å². The first kappa shape index (κ1) is 25.3. The Balaban J connectivity index is 1.82. The third-order valence-electron chi connectivity index (χ3n) is 6.47. The first-order valence-electron chi connectivity index (χ1n) is 12.0. The van der Waals surface area contributed by atoms with E-state index >= 15 is 0 Å². The summed E-state index contributed by atoms with van der Waals surface area (Å²) in [5, 5.41) is 37.0. The van der Waals surface area contributed by atoms with Gasteiger partial charge in [-0.05, 0) is 51.8 Å². The van der Waals surface area contributed by atoms with Crippen molar-refractivity contribution in [1.82, 2.24) is 5.32 Å². The smallest absolute Gasteiger partial charge is 0.261 e. The number of rotatable bonds is 6. The number of benzene rings is 1. The van der Waals surface area contributed by atoms with Crippen molar-refractivity contribution in [2.45, 2.75) is 57.8 Å². The molecule has 1 saturated carbocycles. The standard InChI is InChI=1S/C28H32N4O4/c1-5-6-10-23-25(33)22(26(34)30-20-12-13-20)17-31(28(23,4)29)21-9-7-8-18(15-21)24-14-11-19(16-32(24)36)27(2,3)35/h5-11,14-17,20,35H,12-13,29H2,1-4H3,(H,30,34)/p+1/b6-5-,23-10-. The number of pyridine rings is 1. The van der Waals surface area contributed by atoms with E-state index < -0.39 is 11.3 Å². The molecule has 5 N–H and O–H groups in total. The number of aliphatic hydroxyl groups excluding tert-OH is 1. The number of nitrogens with two attached hydrogens (primary N) is 1. The summed E-state index contributed by atoms with van der Waals surface area (Å²) in [6.07, 6.45) is 10.0. The Morgan fingerprint density at radius 2 is 2.00 bits per heavy atom. The van der Waals surface area contributed by atoms with Crippen molar-refractivity contribution < 1.29 is 24.3 Å². The number of carbonyl (C=O) groups is 1. The zero-order chi connectivity index (χ0) is 26.3. The summed E-state index contributed by atoms with van der Waals surface area (Å²) >= 11 is 0. The molecule has 1 aliphatic carbocycles. The summed E-state index contributed by atoms with van der Waals surface area (Å²) in [5.74, 6) is -0.527. The van der Waals surface area contributed by atoms with Crippen LogP contribution in [0.3, 0.4) is 0 Å². The first-order chi connectivity index (χ1) is 16.9. The minimum Gasteiger partial charge on any atom is -0.618 e. The van der Waals surface area contributed by atoms with Crippen molar-refractivity contribution in [2.75, 3.05) is 0 Å². The fourth-order valence-corrected chi connectivity index (χ4v) is 4.16. The monoisotopic (exact) mass is 489 g/mol. The zero-order valence-corrected chi connectivity index (χ0v) is 21.0. The fourth-order valence-electron chi connectivity index (χ4n) is 4.16. The number of amides is 1. The molecule has 0 spiro atoms. The van der Waals surface area contributed by atoms with Crippen molar-refractivity contribution in [3.05, 3.63) is 88.5 Å². The summed E-state index contributed by atoms with van der Waals surface area (Å²) < 4.78 is 2.46. The molecule has 0 saturated heterocycles. The molecule has 1 aliphatic heterocycles. The normalized spacial score (nSPS) is 21.7. The summed E-state index contributed by atoms with van der Waals surface area (Å²) in [7, 11) is 0. The van der Waals surface area contributed by atoms with Crippen LogP contribution in [0, 0.1) is 5.21 Å². The predicted molar refractivity (Wildman–Crippen MR) is 138 cm³/mol. The van der Waals surface area contributed by atoms with E-state index in [0.717, 1.165) is 17.6 Å². The predicted octanol–water partition coefficient (Wildman–Crippen LogP) is 3.21. The molecule has 1 aromatic heterocycles. The van der Waals surface area contributed by atoms with Crippen molar-refractivity contribution in [3.63, 3.8) is 0 Å². The van der Waals surface area contributed by atoms with Gasteiger partial charge in [0.15, 0.2) is 12.4 Å². The van der Waals surface area contributed by atoms with Crippen LogP contribution in [0.25, 0.3) is 11.3 Å². The summed E-state index contributed by atoms with van der Waals surface area (Å²) in [4.78, 5) is 13.0. The second-order valence-corrected chi connectivity index (χ2v) is 10.0. The molecule has 2 aliphatic rings. The summed E-state index contributed by atoms with van der Waals surface area (Å²) in [6.45, 7) is 6.85. The Bertz CT molecular complexity index is 1330. The van der Waals surface area contributed by atoms with Gasteiger partial charge >= 0.3 is 0 Å². The Morgan fingerprint density at radius 1 is 1.28 bits per heavy atom. The molecule has 36 heavy (non-hydrogen) atoms. The highest BCUT2D eigenvalue weighted by molar-refractivity contribution is 6.12. The highest BCUT2D eigenvalue weighted by Gasteiger charge is 2.45. The van der Waals surface area contributed by atoms with Crippen LogP contribution in [0.1, 0.15) is 46.1 Å². The third kappa shape index (κ3) is 4.96. The van der Waals surface area contributed by atoms with Crippen LogP contribution in [0.4, 0.5) is 5.69 Å². The van der Waals surface area contributed by atoms with E-state index in [4.69, 9.17) is 5.73 Å². The topological polar surface area (TPSA) is 126 Å². The van der Waals surface area contributed by atoms with Crippen LogP contribution in [0.5, 0.6) is 0 Å². The Kier molecular flexibility index (Phi) is 6.60. The van der Waals surface area contributed by atoms with E-state index in [9.17, 15) is 20.2 Å². The van der Waals surface area contributed by atoms with Crippen LogP contribution in [-0.2, 0) is 10.4 Å². The van der Waals surface area contributed by atoms with Gasteiger partial charge in [-0.1, -0.05) is 18.2 Å². The van der Waals surface area contributed by atoms with Gasteiger partial charge in [0.05, 0.1) is 16.7 Å². The van der Waals surface area contributed by atoms with Crippen molar-refractivity contribution in [3.8, 4) is 11.3 Å². The second-order valence-electron chi connectivity index (χ2n) is 10.0. The number of allylic oxidation sites excluding steroid dienone is 3. The summed E-state index contributed by atoms with van der Waals surface area (Å²) in [5.41, 5.74) is 7.12. The average Bonchev–Trinajstić information content (AvgIpc) is 3.62. The first-order valence-corrected chi connectivity index (χ1v) is 12.0. The lowest BCUT2D eigenvalue weighted by Gasteiger charge is -2.29. The van der Waals surface area contributed by atoms with Gasteiger partial charge < -0.3 is 20.7 Å². The van der Waals surface area contributed by atoms with E-state index in [1.807, 2.05) is 19.1 Å². The number of hydrogen-bond acceptors (Lipinski definition) is 5. The number of aromatic nitrogens is 1. The second kappa shape index (κ2) is 9.37. The minimum atomic E-state index is -1.19. The van der Waals surface area contributed by atoms with Crippen LogP contribution >= 0.6 is 0 Å². The van der Waals surface area contributed by atoms with Gasteiger partial charge in [0.2, 0.25) is 17.0 Å². The van der Waals surface area contributed by atoms with Crippen LogP contribution < -0.4 is 15.8 Å². The largest absolute Gasteiger partial charge is 0.618 e. The number of carbonyl (C=O) groups excluding carboxylic acids is 1. The molecular formula is C28H33N4O4+. The molecule has 1 fully saturated rings. The maximum atomic E-state index is 13.0. The summed E-state index contributed by atoms with van der Waals surface area (Å²) in [6, 6.07) is 10.7. The molecule has 1 aromatic carbocycles. The van der Waals surface area contributed by atoms with Crippen LogP contribution in [-0.4, -0.2) is 38.6 Å². The van der Waals surface area contributed by atoms with Gasteiger partial charge in [-0.15, -0.1) is 0 Å². The number of nitrogens with zero attached hydrogens (tertiary/aromatic N) is 2. The molecule has 2 heterocycles. The van der Waals surface area contributed by atoms with Crippen molar-refractivity contribution in [2.24, 2.45) is 5.73 Å². The molecule has 8 heteroatoms. The molecular weight excluding hydrogens is 456 g/mol. The highest BCUT2D eigenvalue weighted by atomic mass is 16.5. The Labute approximate surface area is 211 Å². The minimum absolute atomic E-state index is 0.122. The lowest BCUT2D eigenvalue weighted by molar-refractivity contribution is -0.594. The molecule has 0 radical (unpaired) electrons. The molecule has 1 unspecified atom stereocenters. The number of hydrogen-bond donors (Lipinski definition) is 4. The lowest BCUT2D eigenvalue weighted by atomic mass is 9.91. The van der Waals surface area contributed by atoms with Gasteiger partial charge in [-0.2, -0.15) is 9.31 Å². The average molecular weight is 490 g/mol. The Hall–Kier alpha value is -3.75. The third-order valence-corrected chi connectivity index (χ3v) is 6.47. The Morgan fingerprint density at radius 3 is 2.61 bits per heavy atom. The molecule has 8 nitrogen and oxygen atoms in total. The van der Waals surface area contributed by atoms with Gasteiger partial charge in [0.1, 0.15) is 11.3 Å². The van der Waals surface area contributed by atoms with Crippen molar-refractivity contribution >= 4 is 17.8 Å². The molecule has 1 amide bonds.